The third-order valence-electron chi connectivity index (χ3n) is 5.22. The van der Waals surface area contributed by atoms with Crippen molar-refractivity contribution in [2.75, 3.05) is 13.2 Å². The van der Waals surface area contributed by atoms with Crippen molar-refractivity contribution in [3.63, 3.8) is 0 Å². The molecule has 5 nitrogen and oxygen atoms in total. The van der Waals surface area contributed by atoms with Crippen LogP contribution in [0.4, 0.5) is 0 Å². The van der Waals surface area contributed by atoms with Gasteiger partial charge in [0.1, 0.15) is 6.26 Å². The first-order valence-electron chi connectivity index (χ1n) is 9.72. The SMILES string of the molecule is O=C(Cc1coc(-c2ccc(Cl)cc2)n1)NCC(CO)CC1CCCCC1. The number of oxazole rings is 1. The number of carbonyl (C=O) groups is 1. The average molecular weight is 391 g/mol. The van der Waals surface area contributed by atoms with Crippen molar-refractivity contribution >= 4 is 17.5 Å². The fourth-order valence-corrected chi connectivity index (χ4v) is 3.84. The van der Waals surface area contributed by atoms with Crippen molar-refractivity contribution < 1.29 is 14.3 Å². The van der Waals surface area contributed by atoms with Gasteiger partial charge in [0.15, 0.2) is 0 Å². The number of hydrogen-bond donors (Lipinski definition) is 2. The molecule has 1 aromatic heterocycles. The number of aliphatic hydroxyl groups is 1. The molecule has 0 saturated heterocycles. The molecule has 0 radical (unpaired) electrons. The van der Waals surface area contributed by atoms with Gasteiger partial charge in [-0.3, -0.25) is 4.79 Å². The molecule has 1 heterocycles. The lowest BCUT2D eigenvalue weighted by molar-refractivity contribution is -0.120. The highest BCUT2D eigenvalue weighted by Gasteiger charge is 2.19. The lowest BCUT2D eigenvalue weighted by atomic mass is 9.83. The van der Waals surface area contributed by atoms with E-state index < -0.39 is 0 Å². The number of aromatic nitrogens is 1. The van der Waals surface area contributed by atoms with Gasteiger partial charge >= 0.3 is 0 Å². The van der Waals surface area contributed by atoms with Crippen LogP contribution in [0.25, 0.3) is 11.5 Å². The third-order valence-corrected chi connectivity index (χ3v) is 5.47. The molecule has 27 heavy (non-hydrogen) atoms. The molecule has 1 unspecified atom stereocenters. The van der Waals surface area contributed by atoms with E-state index in [1.54, 1.807) is 12.1 Å². The molecule has 2 aromatic rings. The first-order valence-corrected chi connectivity index (χ1v) is 10.1. The fraction of sp³-hybridized carbons (Fsp3) is 0.524. The van der Waals surface area contributed by atoms with Crippen LogP contribution in [0.2, 0.25) is 5.02 Å². The predicted octanol–water partition coefficient (Wildman–Crippen LogP) is 4.23. The summed E-state index contributed by atoms with van der Waals surface area (Å²) < 4.78 is 5.46. The van der Waals surface area contributed by atoms with Crippen LogP contribution in [0.15, 0.2) is 34.9 Å². The Morgan fingerprint density at radius 1 is 1.26 bits per heavy atom. The second-order valence-corrected chi connectivity index (χ2v) is 7.86. The highest BCUT2D eigenvalue weighted by atomic mass is 35.5. The number of rotatable bonds is 8. The Hall–Kier alpha value is -1.85. The molecule has 0 aliphatic heterocycles. The molecule has 1 aromatic carbocycles. The minimum absolute atomic E-state index is 0.104. The molecule has 146 valence electrons. The molecule has 1 amide bonds. The molecule has 1 saturated carbocycles. The van der Waals surface area contributed by atoms with Gasteiger partial charge in [-0.2, -0.15) is 0 Å². The fourth-order valence-electron chi connectivity index (χ4n) is 3.72. The number of nitrogens with one attached hydrogen (secondary N) is 1. The number of benzene rings is 1. The summed E-state index contributed by atoms with van der Waals surface area (Å²) in [7, 11) is 0. The van der Waals surface area contributed by atoms with Crippen LogP contribution < -0.4 is 5.32 Å². The highest BCUT2D eigenvalue weighted by molar-refractivity contribution is 6.30. The molecule has 2 N–H and O–H groups in total. The van der Waals surface area contributed by atoms with Crippen LogP contribution in [-0.2, 0) is 11.2 Å². The van der Waals surface area contributed by atoms with Crippen molar-refractivity contribution in [2.24, 2.45) is 11.8 Å². The van der Waals surface area contributed by atoms with Crippen molar-refractivity contribution in [3.05, 3.63) is 41.2 Å². The third kappa shape index (κ3) is 6.08. The summed E-state index contributed by atoms with van der Waals surface area (Å²) in [5.41, 5.74) is 1.41. The zero-order valence-corrected chi connectivity index (χ0v) is 16.3. The van der Waals surface area contributed by atoms with Gasteiger partial charge < -0.3 is 14.8 Å². The van der Waals surface area contributed by atoms with E-state index in [-0.39, 0.29) is 24.9 Å². The van der Waals surface area contributed by atoms with Crippen molar-refractivity contribution in [2.45, 2.75) is 44.9 Å². The van der Waals surface area contributed by atoms with Crippen LogP contribution in [0.5, 0.6) is 0 Å². The molecule has 1 fully saturated rings. The molecule has 1 aliphatic rings. The lowest BCUT2D eigenvalue weighted by Gasteiger charge is -2.25. The van der Waals surface area contributed by atoms with Gasteiger partial charge in [-0.1, -0.05) is 43.7 Å². The zero-order chi connectivity index (χ0) is 19.1. The molecular weight excluding hydrogens is 364 g/mol. The van der Waals surface area contributed by atoms with Crippen molar-refractivity contribution in [1.29, 1.82) is 0 Å². The van der Waals surface area contributed by atoms with Gasteiger partial charge in [0.05, 0.1) is 12.1 Å². The average Bonchev–Trinajstić information content (AvgIpc) is 3.15. The van der Waals surface area contributed by atoms with Crippen LogP contribution in [-0.4, -0.2) is 29.1 Å². The van der Waals surface area contributed by atoms with E-state index >= 15 is 0 Å². The maximum Gasteiger partial charge on any atom is 0.226 e. The summed E-state index contributed by atoms with van der Waals surface area (Å²) in [6, 6.07) is 7.20. The molecule has 6 heteroatoms. The highest BCUT2D eigenvalue weighted by Crippen LogP contribution is 2.28. The minimum Gasteiger partial charge on any atom is -0.444 e. The standard InChI is InChI=1S/C21H27ClN2O3/c22-18-8-6-17(7-9-18)21-24-19(14-27-21)11-20(26)23-12-16(13-25)10-15-4-2-1-3-5-15/h6-9,14-16,25H,1-5,10-13H2,(H,23,26). The smallest absolute Gasteiger partial charge is 0.226 e. The van der Waals surface area contributed by atoms with Gasteiger partial charge in [-0.25, -0.2) is 4.98 Å². The first kappa shape index (κ1) is 19.9. The number of hydrogen-bond acceptors (Lipinski definition) is 4. The largest absolute Gasteiger partial charge is 0.444 e. The maximum absolute atomic E-state index is 12.2. The Labute approximate surface area is 165 Å². The Kier molecular flexibility index (Phi) is 7.30. The summed E-state index contributed by atoms with van der Waals surface area (Å²) in [5.74, 6) is 1.18. The van der Waals surface area contributed by atoms with Gasteiger partial charge in [0, 0.05) is 23.7 Å². The first-order chi connectivity index (χ1) is 13.1. The second-order valence-electron chi connectivity index (χ2n) is 7.42. The van der Waals surface area contributed by atoms with E-state index in [4.69, 9.17) is 16.0 Å². The van der Waals surface area contributed by atoms with E-state index in [0.717, 1.165) is 12.0 Å². The minimum atomic E-state index is -0.104. The number of amides is 1. The lowest BCUT2D eigenvalue weighted by Crippen LogP contribution is -2.33. The molecule has 1 atom stereocenters. The van der Waals surface area contributed by atoms with E-state index in [0.29, 0.717) is 29.1 Å². The van der Waals surface area contributed by atoms with Gasteiger partial charge in [-0.15, -0.1) is 0 Å². The summed E-state index contributed by atoms with van der Waals surface area (Å²) in [5, 5.41) is 13.2. The molecule has 1 aliphatic carbocycles. The van der Waals surface area contributed by atoms with Crippen molar-refractivity contribution in [3.8, 4) is 11.5 Å². The van der Waals surface area contributed by atoms with E-state index in [1.807, 2.05) is 12.1 Å². The molecule has 0 spiro atoms. The number of carbonyl (C=O) groups excluding carboxylic acids is 1. The summed E-state index contributed by atoms with van der Waals surface area (Å²) in [6.07, 6.45) is 9.06. The second kappa shape index (κ2) is 9.90. The van der Waals surface area contributed by atoms with Crippen LogP contribution in [0, 0.1) is 11.8 Å². The van der Waals surface area contributed by atoms with E-state index in [9.17, 15) is 9.90 Å². The molecule has 0 bridgehead atoms. The normalized spacial score (nSPS) is 16.2. The van der Waals surface area contributed by atoms with Crippen molar-refractivity contribution in [1.82, 2.24) is 10.3 Å². The molecular formula is C21H27ClN2O3. The topological polar surface area (TPSA) is 75.4 Å². The number of aliphatic hydroxyl groups excluding tert-OH is 1. The quantitative estimate of drug-likeness (QED) is 0.707. The van der Waals surface area contributed by atoms with E-state index in [1.165, 1.54) is 38.4 Å². The van der Waals surface area contributed by atoms with E-state index in [2.05, 4.69) is 10.3 Å². The van der Waals surface area contributed by atoms with Crippen LogP contribution in [0.1, 0.15) is 44.2 Å². The Morgan fingerprint density at radius 3 is 2.70 bits per heavy atom. The van der Waals surface area contributed by atoms with Gasteiger partial charge in [0.2, 0.25) is 11.8 Å². The monoisotopic (exact) mass is 390 g/mol. The van der Waals surface area contributed by atoms with Crippen LogP contribution >= 0.6 is 11.6 Å². The van der Waals surface area contributed by atoms with Crippen LogP contribution in [0.3, 0.4) is 0 Å². The Morgan fingerprint density at radius 2 is 2.00 bits per heavy atom. The number of nitrogens with zero attached hydrogens (tertiary/aromatic N) is 1. The predicted molar refractivity (Wildman–Crippen MR) is 105 cm³/mol. The van der Waals surface area contributed by atoms with Gasteiger partial charge in [-0.05, 0) is 42.5 Å². The summed E-state index contributed by atoms with van der Waals surface area (Å²) in [4.78, 5) is 16.6. The zero-order valence-electron chi connectivity index (χ0n) is 15.5. The number of halogens is 1. The summed E-state index contributed by atoms with van der Waals surface area (Å²) in [6.45, 7) is 0.620. The Balaban J connectivity index is 1.46. The summed E-state index contributed by atoms with van der Waals surface area (Å²) >= 11 is 5.89. The van der Waals surface area contributed by atoms with Gasteiger partial charge in [0.25, 0.3) is 0 Å². The maximum atomic E-state index is 12.2. The Bertz CT molecular complexity index is 723. The molecule has 3 rings (SSSR count).